The lowest BCUT2D eigenvalue weighted by Gasteiger charge is -2.34. The van der Waals surface area contributed by atoms with Crippen molar-refractivity contribution in [3.8, 4) is 5.75 Å². The Morgan fingerprint density at radius 2 is 1.70 bits per heavy atom. The standard InChI is InChI=1S/C23H32N2O5.C9H12O/c1-30-23(29)19-11-6-14-25(19)22(28)21(17-8-3-2-4-9-17)24-20(27)13-12-16-7-5-10-18(26)15-16;1-2-10-8-9-6-4-3-5-7-9/h5,7,10,15,17,19,21,26H,2-4,6,8-9,11-14H2,1H3,(H,24,27);3-7H,2,8H2,1H3. The first-order chi connectivity index (χ1) is 19.4. The monoisotopic (exact) mass is 552 g/mol. The summed E-state index contributed by atoms with van der Waals surface area (Å²) in [6, 6.07) is 15.9. The van der Waals surface area contributed by atoms with E-state index in [9.17, 15) is 19.5 Å². The third-order valence-corrected chi connectivity index (χ3v) is 7.58. The molecule has 40 heavy (non-hydrogen) atoms. The van der Waals surface area contributed by atoms with Crippen LogP contribution in [0.15, 0.2) is 54.6 Å². The van der Waals surface area contributed by atoms with Gasteiger partial charge < -0.3 is 24.8 Å². The number of phenolic OH excluding ortho intramolecular Hbond substituents is 1. The van der Waals surface area contributed by atoms with Gasteiger partial charge in [-0.25, -0.2) is 4.79 Å². The normalized spacial score (nSPS) is 17.9. The zero-order chi connectivity index (χ0) is 28.7. The predicted molar refractivity (Wildman–Crippen MR) is 153 cm³/mol. The van der Waals surface area contributed by atoms with Crippen LogP contribution in [0.3, 0.4) is 0 Å². The van der Waals surface area contributed by atoms with Gasteiger partial charge >= 0.3 is 5.97 Å². The Kier molecular flexibility index (Phi) is 13.0. The fourth-order valence-electron chi connectivity index (χ4n) is 5.45. The summed E-state index contributed by atoms with van der Waals surface area (Å²) < 4.78 is 10.1. The summed E-state index contributed by atoms with van der Waals surface area (Å²) in [5.41, 5.74) is 2.11. The number of rotatable bonds is 10. The van der Waals surface area contributed by atoms with Crippen molar-refractivity contribution in [3.05, 3.63) is 65.7 Å². The van der Waals surface area contributed by atoms with Crippen LogP contribution in [0.5, 0.6) is 5.75 Å². The van der Waals surface area contributed by atoms with E-state index in [0.29, 0.717) is 19.4 Å². The molecule has 2 fully saturated rings. The van der Waals surface area contributed by atoms with Gasteiger partial charge in [0.25, 0.3) is 0 Å². The van der Waals surface area contributed by atoms with E-state index >= 15 is 0 Å². The lowest BCUT2D eigenvalue weighted by atomic mass is 9.83. The molecule has 218 valence electrons. The number of amides is 2. The second-order valence-electron chi connectivity index (χ2n) is 10.4. The minimum atomic E-state index is -0.604. The SMILES string of the molecule is CCOCc1ccccc1.COC(=O)C1CCCN1C(=O)C(NC(=O)CCc1cccc(O)c1)C1CCCCC1. The molecule has 2 atom stereocenters. The Bertz CT molecular complexity index is 1070. The molecule has 2 aliphatic rings. The van der Waals surface area contributed by atoms with Gasteiger partial charge in [-0.2, -0.15) is 0 Å². The number of likely N-dealkylation sites (tertiary alicyclic amines) is 1. The van der Waals surface area contributed by atoms with E-state index in [1.165, 1.54) is 12.7 Å². The van der Waals surface area contributed by atoms with Crippen molar-refractivity contribution in [1.29, 1.82) is 0 Å². The highest BCUT2D eigenvalue weighted by Crippen LogP contribution is 2.29. The molecule has 2 aromatic rings. The van der Waals surface area contributed by atoms with Crippen molar-refractivity contribution in [2.75, 3.05) is 20.3 Å². The Morgan fingerprint density at radius 1 is 0.975 bits per heavy atom. The molecule has 2 aromatic carbocycles. The molecule has 2 N–H and O–H groups in total. The molecule has 2 amide bonds. The summed E-state index contributed by atoms with van der Waals surface area (Å²) in [7, 11) is 1.34. The molecule has 0 spiro atoms. The number of benzene rings is 2. The maximum Gasteiger partial charge on any atom is 0.328 e. The Hall–Kier alpha value is -3.39. The van der Waals surface area contributed by atoms with Crippen molar-refractivity contribution in [2.24, 2.45) is 5.92 Å². The van der Waals surface area contributed by atoms with Gasteiger partial charge in [-0.1, -0.05) is 61.7 Å². The number of hydrogen-bond donors (Lipinski definition) is 2. The molecule has 0 radical (unpaired) electrons. The van der Waals surface area contributed by atoms with Gasteiger partial charge in [0.05, 0.1) is 13.7 Å². The third kappa shape index (κ3) is 9.66. The highest BCUT2D eigenvalue weighted by molar-refractivity contribution is 5.91. The third-order valence-electron chi connectivity index (χ3n) is 7.58. The Morgan fingerprint density at radius 3 is 2.38 bits per heavy atom. The summed E-state index contributed by atoms with van der Waals surface area (Å²) in [6.45, 7) is 4.04. The van der Waals surface area contributed by atoms with Gasteiger partial charge in [0.2, 0.25) is 11.8 Å². The molecule has 8 heteroatoms. The summed E-state index contributed by atoms with van der Waals surface area (Å²) in [5, 5.41) is 12.6. The van der Waals surface area contributed by atoms with E-state index in [1.807, 2.05) is 31.2 Å². The van der Waals surface area contributed by atoms with Gasteiger partial charge in [0.15, 0.2) is 0 Å². The van der Waals surface area contributed by atoms with Crippen LogP contribution in [0.25, 0.3) is 0 Å². The molecule has 8 nitrogen and oxygen atoms in total. The first-order valence-electron chi connectivity index (χ1n) is 14.5. The number of hydrogen-bond acceptors (Lipinski definition) is 6. The number of carbonyl (C=O) groups excluding carboxylic acids is 3. The van der Waals surface area contributed by atoms with Crippen LogP contribution >= 0.6 is 0 Å². The molecule has 4 rings (SSSR count). The highest BCUT2D eigenvalue weighted by atomic mass is 16.5. The van der Waals surface area contributed by atoms with Crippen LogP contribution in [-0.4, -0.2) is 60.1 Å². The van der Waals surface area contributed by atoms with Gasteiger partial charge in [-0.05, 0) is 68.2 Å². The van der Waals surface area contributed by atoms with E-state index < -0.39 is 18.1 Å². The molecule has 1 heterocycles. The molecule has 0 bridgehead atoms. The van der Waals surface area contributed by atoms with Crippen LogP contribution in [-0.2, 0) is 36.9 Å². The van der Waals surface area contributed by atoms with Crippen LogP contribution < -0.4 is 5.32 Å². The summed E-state index contributed by atoms with van der Waals surface area (Å²) in [6.07, 6.45) is 7.13. The molecule has 1 aliphatic heterocycles. The van der Waals surface area contributed by atoms with E-state index in [2.05, 4.69) is 17.4 Å². The fourth-order valence-corrected chi connectivity index (χ4v) is 5.45. The van der Waals surface area contributed by atoms with Crippen molar-refractivity contribution in [2.45, 2.75) is 83.4 Å². The van der Waals surface area contributed by atoms with Crippen molar-refractivity contribution in [3.63, 3.8) is 0 Å². The minimum absolute atomic E-state index is 0.0925. The van der Waals surface area contributed by atoms with Gasteiger partial charge in [0, 0.05) is 19.6 Å². The number of nitrogens with one attached hydrogen (secondary N) is 1. The summed E-state index contributed by atoms with van der Waals surface area (Å²) in [4.78, 5) is 39.8. The van der Waals surface area contributed by atoms with Gasteiger partial charge in [-0.3, -0.25) is 9.59 Å². The number of phenols is 1. The Balaban J connectivity index is 0.000000371. The first-order valence-corrected chi connectivity index (χ1v) is 14.5. The lowest BCUT2D eigenvalue weighted by Crippen LogP contribution is -2.55. The second-order valence-corrected chi connectivity index (χ2v) is 10.4. The number of nitrogens with zero attached hydrogens (tertiary/aromatic N) is 1. The zero-order valence-electron chi connectivity index (χ0n) is 23.8. The van der Waals surface area contributed by atoms with Crippen LogP contribution in [0.1, 0.15) is 69.4 Å². The lowest BCUT2D eigenvalue weighted by molar-refractivity contribution is -0.152. The van der Waals surface area contributed by atoms with Crippen molar-refractivity contribution in [1.82, 2.24) is 10.2 Å². The largest absolute Gasteiger partial charge is 0.508 e. The topological polar surface area (TPSA) is 105 Å². The molecule has 0 aromatic heterocycles. The maximum absolute atomic E-state index is 13.4. The van der Waals surface area contributed by atoms with Gasteiger partial charge in [0.1, 0.15) is 17.8 Å². The van der Waals surface area contributed by atoms with Gasteiger partial charge in [-0.15, -0.1) is 0 Å². The molecule has 1 saturated heterocycles. The number of aryl methyl sites for hydroxylation is 1. The van der Waals surface area contributed by atoms with E-state index in [1.54, 1.807) is 23.1 Å². The predicted octanol–water partition coefficient (Wildman–Crippen LogP) is 4.78. The minimum Gasteiger partial charge on any atom is -0.508 e. The molecular formula is C32H44N2O6. The number of aromatic hydroxyl groups is 1. The number of esters is 1. The first kappa shape index (κ1) is 31.1. The molecular weight excluding hydrogens is 508 g/mol. The van der Waals surface area contributed by atoms with E-state index in [0.717, 1.165) is 57.3 Å². The van der Waals surface area contributed by atoms with Crippen LogP contribution in [0.4, 0.5) is 0 Å². The van der Waals surface area contributed by atoms with E-state index in [4.69, 9.17) is 9.47 Å². The number of ether oxygens (including phenoxy) is 2. The Labute approximate surface area is 238 Å². The number of methoxy groups -OCH3 is 1. The summed E-state index contributed by atoms with van der Waals surface area (Å²) in [5.74, 6) is -0.476. The average molecular weight is 553 g/mol. The van der Waals surface area contributed by atoms with Crippen molar-refractivity contribution < 1.29 is 29.0 Å². The zero-order valence-corrected chi connectivity index (χ0v) is 23.8. The van der Waals surface area contributed by atoms with Crippen LogP contribution in [0, 0.1) is 5.92 Å². The summed E-state index contributed by atoms with van der Waals surface area (Å²) >= 11 is 0. The second kappa shape index (κ2) is 16.7. The average Bonchev–Trinajstić information content (AvgIpc) is 3.49. The van der Waals surface area contributed by atoms with Crippen molar-refractivity contribution >= 4 is 17.8 Å². The maximum atomic E-state index is 13.4. The van der Waals surface area contributed by atoms with Crippen LogP contribution in [0.2, 0.25) is 0 Å². The molecule has 1 saturated carbocycles. The highest BCUT2D eigenvalue weighted by Gasteiger charge is 2.41. The smallest absolute Gasteiger partial charge is 0.328 e. The molecule has 2 unspecified atom stereocenters. The molecule has 1 aliphatic carbocycles. The van der Waals surface area contributed by atoms with E-state index in [-0.39, 0.29) is 29.9 Å². The quantitative estimate of drug-likeness (QED) is 0.411. The fraction of sp³-hybridized carbons (Fsp3) is 0.531. The number of carbonyl (C=O) groups is 3.